The summed E-state index contributed by atoms with van der Waals surface area (Å²) in [4.78, 5) is 30.7. The average Bonchev–Trinajstić information content (AvgIpc) is 2.93. The van der Waals surface area contributed by atoms with Crippen molar-refractivity contribution in [2.75, 3.05) is 0 Å². The Morgan fingerprint density at radius 1 is 0.885 bits per heavy atom. The molecule has 3 rings (SSSR count). The molecule has 0 fully saturated rings. The normalized spacial score (nSPS) is 12.2. The number of hydrogen-bond acceptors (Lipinski definition) is 3. The zero-order valence-corrected chi connectivity index (χ0v) is 13.8. The van der Waals surface area contributed by atoms with Crippen LogP contribution in [0.1, 0.15) is 23.1 Å². The first kappa shape index (κ1) is 19.0. The van der Waals surface area contributed by atoms with E-state index in [1.165, 1.54) is 11.1 Å². The molecule has 2 aromatic carbocycles. The lowest BCUT2D eigenvalue weighted by Gasteiger charge is -2.13. The molecule has 4 N–H and O–H groups in total. The largest absolute Gasteiger partial charge is 0.503 e. The Balaban J connectivity index is 0.000000552. The predicted octanol–water partition coefficient (Wildman–Crippen LogP) is 3.20. The second-order valence-electron chi connectivity index (χ2n) is 5.90. The summed E-state index contributed by atoms with van der Waals surface area (Å²) in [5.74, 6) is -3.04. The van der Waals surface area contributed by atoms with Crippen molar-refractivity contribution in [3.63, 3.8) is 0 Å². The van der Waals surface area contributed by atoms with Gasteiger partial charge in [0.1, 0.15) is 0 Å². The Labute approximate surface area is 149 Å². The highest BCUT2D eigenvalue weighted by Crippen LogP contribution is 2.38. The summed E-state index contributed by atoms with van der Waals surface area (Å²) in [7, 11) is 0. The highest BCUT2D eigenvalue weighted by molar-refractivity contribution is 5.80. The van der Waals surface area contributed by atoms with E-state index < -0.39 is 24.0 Å². The van der Waals surface area contributed by atoms with Gasteiger partial charge in [-0.3, -0.25) is 9.59 Å². The second-order valence-corrected chi connectivity index (χ2v) is 5.90. The van der Waals surface area contributed by atoms with Gasteiger partial charge >= 0.3 is 18.1 Å². The summed E-state index contributed by atoms with van der Waals surface area (Å²) >= 11 is 0. The van der Waals surface area contributed by atoms with Crippen LogP contribution in [0.3, 0.4) is 0 Å². The van der Waals surface area contributed by atoms with Gasteiger partial charge in [-0.1, -0.05) is 42.5 Å². The Morgan fingerprint density at radius 3 is 2.12 bits per heavy atom. The Morgan fingerprint density at radius 2 is 1.50 bits per heavy atom. The van der Waals surface area contributed by atoms with Crippen LogP contribution in [0.2, 0.25) is 0 Å². The van der Waals surface area contributed by atoms with Crippen LogP contribution >= 0.6 is 0 Å². The first-order valence-electron chi connectivity index (χ1n) is 7.85. The van der Waals surface area contributed by atoms with Crippen molar-refractivity contribution in [3.8, 4) is 11.1 Å². The van der Waals surface area contributed by atoms with Gasteiger partial charge in [-0.15, -0.1) is 0 Å². The van der Waals surface area contributed by atoms with Crippen molar-refractivity contribution >= 4 is 18.1 Å². The molecule has 0 bridgehead atoms. The molecule has 0 aliphatic heterocycles. The molecule has 7 nitrogen and oxygen atoms in total. The molecule has 0 spiro atoms. The topological polar surface area (TPSA) is 132 Å². The van der Waals surface area contributed by atoms with Crippen molar-refractivity contribution in [3.05, 3.63) is 59.2 Å². The number of carboxylic acid groups (broad SMARTS) is 4. The van der Waals surface area contributed by atoms with Crippen molar-refractivity contribution < 1.29 is 34.8 Å². The Bertz CT molecular complexity index is 838. The van der Waals surface area contributed by atoms with E-state index in [9.17, 15) is 14.7 Å². The number of carbonyl (C=O) groups is 3. The Kier molecular flexibility index (Phi) is 5.95. The summed E-state index contributed by atoms with van der Waals surface area (Å²) in [6, 6.07) is 14.0. The molecule has 7 heteroatoms. The van der Waals surface area contributed by atoms with Gasteiger partial charge in [0.05, 0.1) is 12.3 Å². The van der Waals surface area contributed by atoms with Gasteiger partial charge < -0.3 is 20.4 Å². The molecule has 1 unspecified atom stereocenters. The van der Waals surface area contributed by atoms with Crippen LogP contribution in [0.5, 0.6) is 0 Å². The molecule has 0 saturated carbocycles. The Hall–Kier alpha value is -3.35. The van der Waals surface area contributed by atoms with Crippen molar-refractivity contribution in [1.82, 2.24) is 0 Å². The summed E-state index contributed by atoms with van der Waals surface area (Å²) in [6.45, 7) is 0. The van der Waals surface area contributed by atoms with Crippen LogP contribution in [-0.4, -0.2) is 38.5 Å². The van der Waals surface area contributed by atoms with E-state index in [0.717, 1.165) is 23.1 Å². The maximum atomic E-state index is 11.3. The standard InChI is InChI=1S/C18H16O4.CH2O3/c19-17(20)10-13(18(21)22)8-11-5-3-7-15-14-6-2-1-4-12(14)9-16(11)15;2-1(3)4/h1-7,13H,8-10H2,(H,19,20)(H,21,22);(H2,2,3,4). The number of aliphatic carboxylic acids is 2. The second kappa shape index (κ2) is 8.15. The predicted molar refractivity (Wildman–Crippen MR) is 92.4 cm³/mol. The zero-order chi connectivity index (χ0) is 19.3. The van der Waals surface area contributed by atoms with Crippen LogP contribution in [0.15, 0.2) is 42.5 Å². The SMILES string of the molecule is O=C(O)CC(Cc1cccc2c1Cc1ccccc1-2)C(=O)O.O=C(O)O. The molecule has 136 valence electrons. The quantitative estimate of drug-likeness (QED) is 0.550. The highest BCUT2D eigenvalue weighted by Gasteiger charge is 2.25. The zero-order valence-electron chi connectivity index (χ0n) is 13.8. The molecule has 0 heterocycles. The minimum Gasteiger partial charge on any atom is -0.481 e. The molecule has 0 radical (unpaired) electrons. The van der Waals surface area contributed by atoms with E-state index in [1.807, 2.05) is 30.3 Å². The van der Waals surface area contributed by atoms with Crippen LogP contribution < -0.4 is 0 Å². The number of fused-ring (bicyclic) bond motifs is 3. The minimum absolute atomic E-state index is 0.249. The summed E-state index contributed by atoms with van der Waals surface area (Å²) in [5, 5.41) is 32.1. The smallest absolute Gasteiger partial charge is 0.481 e. The molecular weight excluding hydrogens is 340 g/mol. The third kappa shape index (κ3) is 4.60. The lowest BCUT2D eigenvalue weighted by molar-refractivity contribution is -0.148. The van der Waals surface area contributed by atoms with E-state index in [2.05, 4.69) is 12.1 Å². The summed E-state index contributed by atoms with van der Waals surface area (Å²) in [6.07, 6.45) is -1.16. The van der Waals surface area contributed by atoms with E-state index in [-0.39, 0.29) is 12.8 Å². The molecule has 0 amide bonds. The maximum Gasteiger partial charge on any atom is 0.503 e. The lowest BCUT2D eigenvalue weighted by Crippen LogP contribution is -2.20. The fourth-order valence-corrected chi connectivity index (χ4v) is 3.14. The van der Waals surface area contributed by atoms with Crippen molar-refractivity contribution in [2.24, 2.45) is 5.92 Å². The third-order valence-electron chi connectivity index (χ3n) is 4.18. The molecule has 1 atom stereocenters. The summed E-state index contributed by atoms with van der Waals surface area (Å²) < 4.78 is 0. The van der Waals surface area contributed by atoms with E-state index in [4.69, 9.17) is 20.1 Å². The molecule has 0 aromatic heterocycles. The van der Waals surface area contributed by atoms with Gasteiger partial charge in [-0.25, -0.2) is 4.79 Å². The van der Waals surface area contributed by atoms with Gasteiger partial charge in [0.2, 0.25) is 0 Å². The van der Waals surface area contributed by atoms with E-state index in [1.54, 1.807) is 0 Å². The molecule has 26 heavy (non-hydrogen) atoms. The van der Waals surface area contributed by atoms with Gasteiger partial charge in [0.25, 0.3) is 0 Å². The van der Waals surface area contributed by atoms with Gasteiger partial charge in [-0.05, 0) is 40.7 Å². The molecular formula is C19H18O7. The van der Waals surface area contributed by atoms with Crippen LogP contribution in [-0.2, 0) is 22.4 Å². The van der Waals surface area contributed by atoms with Crippen LogP contribution in [0.25, 0.3) is 11.1 Å². The maximum absolute atomic E-state index is 11.3. The van der Waals surface area contributed by atoms with Crippen molar-refractivity contribution in [2.45, 2.75) is 19.3 Å². The lowest BCUT2D eigenvalue weighted by atomic mass is 9.91. The molecule has 1 aliphatic carbocycles. The van der Waals surface area contributed by atoms with E-state index >= 15 is 0 Å². The van der Waals surface area contributed by atoms with Gasteiger partial charge in [-0.2, -0.15) is 0 Å². The first-order chi connectivity index (χ1) is 12.3. The highest BCUT2D eigenvalue weighted by atomic mass is 16.6. The third-order valence-corrected chi connectivity index (χ3v) is 4.18. The summed E-state index contributed by atoms with van der Waals surface area (Å²) in [5.41, 5.74) is 5.61. The van der Waals surface area contributed by atoms with Crippen LogP contribution in [0, 0.1) is 5.92 Å². The monoisotopic (exact) mass is 358 g/mol. The number of rotatable bonds is 5. The van der Waals surface area contributed by atoms with Gasteiger partial charge in [0.15, 0.2) is 0 Å². The minimum atomic E-state index is -1.83. The molecule has 1 aliphatic rings. The first-order valence-corrected chi connectivity index (χ1v) is 7.85. The fraction of sp³-hybridized carbons (Fsp3) is 0.211. The number of carboxylic acids is 2. The number of hydrogen-bond donors (Lipinski definition) is 4. The van der Waals surface area contributed by atoms with Crippen LogP contribution in [0.4, 0.5) is 4.79 Å². The number of benzene rings is 2. The fourth-order valence-electron chi connectivity index (χ4n) is 3.14. The molecule has 0 saturated heterocycles. The van der Waals surface area contributed by atoms with Gasteiger partial charge in [0, 0.05) is 0 Å². The average molecular weight is 358 g/mol. The molecule has 2 aromatic rings. The van der Waals surface area contributed by atoms with E-state index in [0.29, 0.717) is 0 Å². The van der Waals surface area contributed by atoms with Crippen molar-refractivity contribution in [1.29, 1.82) is 0 Å².